The van der Waals surface area contributed by atoms with Crippen molar-refractivity contribution < 1.29 is 14.4 Å². The van der Waals surface area contributed by atoms with E-state index in [-0.39, 0.29) is 18.4 Å². The lowest BCUT2D eigenvalue weighted by Crippen LogP contribution is -2.57. The predicted molar refractivity (Wildman–Crippen MR) is 63.4 cm³/mol. The number of carbonyl (C=O) groups excluding carboxylic acids is 3. The number of nitrogens with zero attached hydrogens (tertiary/aromatic N) is 1. The molecule has 18 heavy (non-hydrogen) atoms. The highest BCUT2D eigenvalue weighted by Gasteiger charge is 2.46. The number of hydrogen-bond acceptors (Lipinski definition) is 3. The fraction of sp³-hybridized carbons (Fsp3) is 0.769. The lowest BCUT2D eigenvalue weighted by Gasteiger charge is -2.37. The van der Waals surface area contributed by atoms with Crippen molar-refractivity contribution in [3.8, 4) is 0 Å². The van der Waals surface area contributed by atoms with Crippen LogP contribution < -0.4 is 5.32 Å². The molecule has 98 valence electrons. The van der Waals surface area contributed by atoms with Gasteiger partial charge in [-0.2, -0.15) is 0 Å². The van der Waals surface area contributed by atoms with E-state index in [1.165, 1.54) is 24.2 Å². The smallest absolute Gasteiger partial charge is 0.277 e. The first-order valence-electron chi connectivity index (χ1n) is 6.72. The van der Waals surface area contributed by atoms with Crippen molar-refractivity contribution >= 4 is 17.8 Å². The Hall–Kier alpha value is -1.39. The van der Waals surface area contributed by atoms with Crippen molar-refractivity contribution in [3.05, 3.63) is 0 Å². The molecule has 0 aromatic carbocycles. The third-order valence-electron chi connectivity index (χ3n) is 4.87. The molecule has 5 nitrogen and oxygen atoms in total. The van der Waals surface area contributed by atoms with E-state index in [1.807, 2.05) is 6.92 Å². The number of hydrogen-bond donors (Lipinski definition) is 1. The minimum Gasteiger partial charge on any atom is -0.277 e. The van der Waals surface area contributed by atoms with E-state index >= 15 is 0 Å². The van der Waals surface area contributed by atoms with Crippen molar-refractivity contribution in [2.75, 3.05) is 0 Å². The summed E-state index contributed by atoms with van der Waals surface area (Å²) in [6.07, 6.45) is 4.69. The lowest BCUT2D eigenvalue weighted by molar-refractivity contribution is -0.138. The van der Waals surface area contributed by atoms with E-state index in [2.05, 4.69) is 5.32 Å². The molecule has 3 rings (SSSR count). The normalized spacial score (nSPS) is 37.1. The quantitative estimate of drug-likeness (QED) is 0.751. The Bertz CT molecular complexity index is 400. The zero-order valence-electron chi connectivity index (χ0n) is 10.5. The van der Waals surface area contributed by atoms with Gasteiger partial charge in [-0.05, 0) is 43.9 Å². The molecule has 2 aliphatic carbocycles. The topological polar surface area (TPSA) is 66.5 Å². The largest absolute Gasteiger partial charge is 0.331 e. The van der Waals surface area contributed by atoms with E-state index in [0.717, 1.165) is 12.3 Å². The number of barbiturate groups is 1. The van der Waals surface area contributed by atoms with Crippen molar-refractivity contribution in [1.29, 1.82) is 0 Å². The van der Waals surface area contributed by atoms with Crippen LogP contribution in [-0.2, 0) is 9.59 Å². The van der Waals surface area contributed by atoms with Gasteiger partial charge < -0.3 is 0 Å². The van der Waals surface area contributed by atoms with Crippen LogP contribution in [-0.4, -0.2) is 28.8 Å². The van der Waals surface area contributed by atoms with Gasteiger partial charge in [0.25, 0.3) is 0 Å². The molecule has 1 N–H and O–H groups in total. The minimum atomic E-state index is -0.536. The first-order chi connectivity index (χ1) is 8.56. The fourth-order valence-electron chi connectivity index (χ4n) is 4.05. The standard InChI is InChI=1S/C13H18N2O3/c1-7(10-5-8-2-3-9(10)4-8)15-12(17)6-11(16)14-13(15)18/h7-10H,2-6H2,1H3,(H,14,16,18). The Kier molecular flexibility index (Phi) is 2.64. The summed E-state index contributed by atoms with van der Waals surface area (Å²) in [4.78, 5) is 36.0. The summed E-state index contributed by atoms with van der Waals surface area (Å²) in [7, 11) is 0. The second-order valence-electron chi connectivity index (χ2n) is 5.87. The number of carbonyl (C=O) groups is 3. The summed E-state index contributed by atoms with van der Waals surface area (Å²) in [5, 5.41) is 2.24. The SMILES string of the molecule is CC(C1CC2CCC1C2)N1C(=O)CC(=O)NC1=O. The Balaban J connectivity index is 1.75. The molecule has 0 aromatic rings. The van der Waals surface area contributed by atoms with Gasteiger partial charge in [-0.1, -0.05) is 6.42 Å². The number of amides is 4. The second kappa shape index (κ2) is 4.07. The van der Waals surface area contributed by atoms with Crippen LogP contribution in [0.2, 0.25) is 0 Å². The Morgan fingerprint density at radius 1 is 1.22 bits per heavy atom. The summed E-state index contributed by atoms with van der Waals surface area (Å²) in [5.74, 6) is 1.03. The molecule has 3 aliphatic rings. The monoisotopic (exact) mass is 250 g/mol. The molecule has 5 heteroatoms. The van der Waals surface area contributed by atoms with Gasteiger partial charge in [0.15, 0.2) is 0 Å². The molecule has 4 amide bonds. The zero-order chi connectivity index (χ0) is 12.9. The van der Waals surface area contributed by atoms with Crippen LogP contribution in [0.4, 0.5) is 4.79 Å². The lowest BCUT2D eigenvalue weighted by atomic mass is 9.83. The van der Waals surface area contributed by atoms with Crippen LogP contribution in [0.15, 0.2) is 0 Å². The van der Waals surface area contributed by atoms with Gasteiger partial charge in [0.05, 0.1) is 0 Å². The van der Waals surface area contributed by atoms with Crippen LogP contribution >= 0.6 is 0 Å². The van der Waals surface area contributed by atoms with Gasteiger partial charge in [0.1, 0.15) is 6.42 Å². The summed E-state index contributed by atoms with van der Waals surface area (Å²) < 4.78 is 0. The van der Waals surface area contributed by atoms with Crippen molar-refractivity contribution in [2.45, 2.75) is 45.1 Å². The molecule has 2 saturated carbocycles. The number of imide groups is 2. The van der Waals surface area contributed by atoms with E-state index < -0.39 is 11.9 Å². The Morgan fingerprint density at radius 2 is 2.00 bits per heavy atom. The highest BCUT2D eigenvalue weighted by atomic mass is 16.2. The van der Waals surface area contributed by atoms with E-state index in [9.17, 15) is 14.4 Å². The van der Waals surface area contributed by atoms with Crippen LogP contribution in [0.3, 0.4) is 0 Å². The number of fused-ring (bicyclic) bond motifs is 2. The molecule has 2 bridgehead atoms. The first kappa shape index (κ1) is 11.7. The average molecular weight is 250 g/mol. The van der Waals surface area contributed by atoms with Crippen LogP contribution in [0.25, 0.3) is 0 Å². The van der Waals surface area contributed by atoms with Gasteiger partial charge in [0, 0.05) is 6.04 Å². The minimum absolute atomic E-state index is 0.0825. The van der Waals surface area contributed by atoms with Gasteiger partial charge in [-0.3, -0.25) is 19.8 Å². The van der Waals surface area contributed by atoms with Crippen LogP contribution in [0.5, 0.6) is 0 Å². The zero-order valence-corrected chi connectivity index (χ0v) is 10.5. The van der Waals surface area contributed by atoms with E-state index in [1.54, 1.807) is 0 Å². The highest BCUT2D eigenvalue weighted by molar-refractivity contribution is 6.14. The average Bonchev–Trinajstić information content (AvgIpc) is 2.88. The molecule has 0 spiro atoms. The third kappa shape index (κ3) is 1.72. The van der Waals surface area contributed by atoms with E-state index in [0.29, 0.717) is 11.8 Å². The molecule has 0 aromatic heterocycles. The summed E-state index contributed by atoms with van der Waals surface area (Å²) >= 11 is 0. The maximum atomic E-state index is 11.9. The van der Waals surface area contributed by atoms with E-state index in [4.69, 9.17) is 0 Å². The fourth-order valence-corrected chi connectivity index (χ4v) is 4.05. The number of nitrogens with one attached hydrogen (secondary N) is 1. The maximum absolute atomic E-state index is 11.9. The summed E-state index contributed by atoms with van der Waals surface area (Å²) in [6, 6.07) is -0.618. The Labute approximate surface area is 106 Å². The van der Waals surface area contributed by atoms with Crippen molar-refractivity contribution in [2.24, 2.45) is 17.8 Å². The maximum Gasteiger partial charge on any atom is 0.331 e. The van der Waals surface area contributed by atoms with Crippen molar-refractivity contribution in [3.63, 3.8) is 0 Å². The van der Waals surface area contributed by atoms with Gasteiger partial charge in [-0.15, -0.1) is 0 Å². The molecule has 1 heterocycles. The number of rotatable bonds is 2. The van der Waals surface area contributed by atoms with Gasteiger partial charge in [0.2, 0.25) is 11.8 Å². The molecule has 3 fully saturated rings. The molecule has 0 radical (unpaired) electrons. The van der Waals surface area contributed by atoms with Crippen LogP contribution in [0.1, 0.15) is 39.0 Å². The molecule has 1 saturated heterocycles. The highest BCUT2D eigenvalue weighted by Crippen LogP contribution is 2.50. The number of urea groups is 1. The molecular weight excluding hydrogens is 232 g/mol. The molecule has 1 aliphatic heterocycles. The summed E-state index contributed by atoms with van der Waals surface area (Å²) in [5.41, 5.74) is 0. The summed E-state index contributed by atoms with van der Waals surface area (Å²) in [6.45, 7) is 1.94. The Morgan fingerprint density at radius 3 is 2.56 bits per heavy atom. The van der Waals surface area contributed by atoms with Gasteiger partial charge in [-0.25, -0.2) is 4.79 Å². The molecular formula is C13H18N2O3. The third-order valence-corrected chi connectivity index (χ3v) is 4.87. The van der Waals surface area contributed by atoms with Crippen molar-refractivity contribution in [1.82, 2.24) is 10.2 Å². The predicted octanol–water partition coefficient (Wildman–Crippen LogP) is 1.28. The van der Waals surface area contributed by atoms with Gasteiger partial charge >= 0.3 is 6.03 Å². The second-order valence-corrected chi connectivity index (χ2v) is 5.87. The van der Waals surface area contributed by atoms with Crippen LogP contribution in [0, 0.1) is 17.8 Å². The molecule has 4 unspecified atom stereocenters. The molecule has 4 atom stereocenters. The first-order valence-corrected chi connectivity index (χ1v) is 6.72.